The average Bonchev–Trinajstić information content (AvgIpc) is 3.23. The third-order valence-corrected chi connectivity index (χ3v) is 8.35. The van der Waals surface area contributed by atoms with E-state index in [1.165, 1.54) is 55.3 Å². The second kappa shape index (κ2) is 7.44. The van der Waals surface area contributed by atoms with Gasteiger partial charge in [0.25, 0.3) is 0 Å². The maximum Gasteiger partial charge on any atom is 0.135 e. The van der Waals surface area contributed by atoms with Gasteiger partial charge in [0.05, 0.1) is 0 Å². The van der Waals surface area contributed by atoms with Crippen LogP contribution in [0.3, 0.4) is 0 Å². The maximum atomic E-state index is 6.39. The first-order chi connectivity index (χ1) is 18.2. The largest absolute Gasteiger partial charge is 0.456 e. The van der Waals surface area contributed by atoms with Gasteiger partial charge in [0.2, 0.25) is 0 Å². The predicted molar refractivity (Wildman–Crippen MR) is 152 cm³/mol. The molecule has 174 valence electrons. The molecule has 1 aliphatic heterocycles. The molecule has 1 heterocycles. The standard InChI is InChI=1S/C36H24O/c1-36(24-12-3-2-4-13-24)30-18-7-5-14-25(30)27-16-10-17-28(35(27)36)26-22-21-23-11-9-20-32-33(23)34(26)29-15-6-8-19-31(29)37-32/h2-22H,1H3. The molecule has 0 aromatic heterocycles. The lowest BCUT2D eigenvalue weighted by Crippen LogP contribution is -2.23. The lowest BCUT2D eigenvalue weighted by molar-refractivity contribution is 0.487. The molecule has 1 aliphatic carbocycles. The molecule has 6 aromatic carbocycles. The van der Waals surface area contributed by atoms with Gasteiger partial charge in [-0.05, 0) is 63.4 Å². The Balaban J connectivity index is 1.51. The highest BCUT2D eigenvalue weighted by molar-refractivity contribution is 6.10. The van der Waals surface area contributed by atoms with Crippen molar-refractivity contribution in [2.45, 2.75) is 12.3 Å². The fourth-order valence-electron chi connectivity index (χ4n) is 6.72. The van der Waals surface area contributed by atoms with Crippen LogP contribution in [-0.2, 0) is 5.41 Å². The van der Waals surface area contributed by atoms with Crippen molar-refractivity contribution in [3.8, 4) is 44.9 Å². The third-order valence-electron chi connectivity index (χ3n) is 8.35. The molecule has 0 saturated heterocycles. The zero-order valence-electron chi connectivity index (χ0n) is 20.5. The van der Waals surface area contributed by atoms with Gasteiger partial charge in [-0.3, -0.25) is 0 Å². The molecule has 1 atom stereocenters. The molecule has 1 heteroatoms. The summed E-state index contributed by atoms with van der Waals surface area (Å²) in [4.78, 5) is 0. The van der Waals surface area contributed by atoms with Gasteiger partial charge in [0.15, 0.2) is 0 Å². The first-order valence-corrected chi connectivity index (χ1v) is 12.9. The van der Waals surface area contributed by atoms with Crippen molar-refractivity contribution in [2.24, 2.45) is 0 Å². The van der Waals surface area contributed by atoms with Crippen LogP contribution in [0.25, 0.3) is 44.2 Å². The fraction of sp³-hybridized carbons (Fsp3) is 0.0556. The molecule has 8 rings (SSSR count). The highest BCUT2D eigenvalue weighted by Gasteiger charge is 2.42. The van der Waals surface area contributed by atoms with E-state index in [2.05, 4.69) is 134 Å². The highest BCUT2D eigenvalue weighted by atomic mass is 16.5. The van der Waals surface area contributed by atoms with Crippen molar-refractivity contribution in [3.05, 3.63) is 144 Å². The molecular weight excluding hydrogens is 448 g/mol. The normalized spacial score (nSPS) is 16.6. The van der Waals surface area contributed by atoms with Crippen LogP contribution in [0.15, 0.2) is 127 Å². The molecule has 0 saturated carbocycles. The van der Waals surface area contributed by atoms with Crippen molar-refractivity contribution in [1.82, 2.24) is 0 Å². The van der Waals surface area contributed by atoms with E-state index < -0.39 is 0 Å². The van der Waals surface area contributed by atoms with Crippen LogP contribution in [0, 0.1) is 0 Å². The van der Waals surface area contributed by atoms with E-state index in [1.807, 2.05) is 0 Å². The SMILES string of the molecule is CC1(c2ccccc2)c2ccccc2-c2cccc(-c3ccc4cccc5c4c3-c3ccccc3O5)c21. The van der Waals surface area contributed by atoms with Crippen LogP contribution in [0.2, 0.25) is 0 Å². The van der Waals surface area contributed by atoms with Crippen molar-refractivity contribution in [2.75, 3.05) is 0 Å². The van der Waals surface area contributed by atoms with Crippen molar-refractivity contribution < 1.29 is 4.74 Å². The van der Waals surface area contributed by atoms with Gasteiger partial charge >= 0.3 is 0 Å². The minimum absolute atomic E-state index is 0.268. The smallest absolute Gasteiger partial charge is 0.135 e. The van der Waals surface area contributed by atoms with E-state index >= 15 is 0 Å². The summed E-state index contributed by atoms with van der Waals surface area (Å²) < 4.78 is 6.39. The van der Waals surface area contributed by atoms with Gasteiger partial charge in [0, 0.05) is 21.9 Å². The Hall–Kier alpha value is -4.62. The summed E-state index contributed by atoms with van der Waals surface area (Å²) in [6.07, 6.45) is 0. The molecule has 2 aliphatic rings. The molecule has 0 radical (unpaired) electrons. The van der Waals surface area contributed by atoms with Gasteiger partial charge in [-0.1, -0.05) is 115 Å². The molecule has 0 N–H and O–H groups in total. The molecule has 0 bridgehead atoms. The number of hydrogen-bond acceptors (Lipinski definition) is 1. The second-order valence-electron chi connectivity index (χ2n) is 10.2. The first-order valence-electron chi connectivity index (χ1n) is 12.9. The number of fused-ring (bicyclic) bond motifs is 5. The number of rotatable bonds is 2. The number of ether oxygens (including phenoxy) is 1. The molecule has 1 unspecified atom stereocenters. The van der Waals surface area contributed by atoms with Crippen LogP contribution < -0.4 is 4.74 Å². The monoisotopic (exact) mass is 472 g/mol. The van der Waals surface area contributed by atoms with E-state index in [0.29, 0.717) is 0 Å². The lowest BCUT2D eigenvalue weighted by atomic mass is 9.71. The van der Waals surface area contributed by atoms with Gasteiger partial charge in [0.1, 0.15) is 11.5 Å². The Morgan fingerprint density at radius 1 is 0.486 bits per heavy atom. The summed E-state index contributed by atoms with van der Waals surface area (Å²) in [5.41, 5.74) is 11.4. The molecule has 37 heavy (non-hydrogen) atoms. The van der Waals surface area contributed by atoms with E-state index in [-0.39, 0.29) is 5.41 Å². The van der Waals surface area contributed by atoms with Gasteiger partial charge < -0.3 is 4.74 Å². The summed E-state index contributed by atoms with van der Waals surface area (Å²) in [7, 11) is 0. The van der Waals surface area contributed by atoms with E-state index in [1.54, 1.807) is 0 Å². The topological polar surface area (TPSA) is 9.23 Å². The Kier molecular flexibility index (Phi) is 4.14. The molecule has 6 aromatic rings. The first kappa shape index (κ1) is 20.6. The highest BCUT2D eigenvalue weighted by Crippen LogP contribution is 2.57. The van der Waals surface area contributed by atoms with Crippen molar-refractivity contribution in [3.63, 3.8) is 0 Å². The molecule has 0 fully saturated rings. The molecule has 0 spiro atoms. The second-order valence-corrected chi connectivity index (χ2v) is 10.2. The Bertz CT molecular complexity index is 1860. The van der Waals surface area contributed by atoms with Crippen LogP contribution >= 0.6 is 0 Å². The number of benzene rings is 6. The summed E-state index contributed by atoms with van der Waals surface area (Å²) in [6, 6.07) is 46.0. The predicted octanol–water partition coefficient (Wildman–Crippen LogP) is 9.61. The summed E-state index contributed by atoms with van der Waals surface area (Å²) in [5, 5.41) is 2.39. The zero-order chi connectivity index (χ0) is 24.6. The Labute approximate surface area is 216 Å². The van der Waals surface area contributed by atoms with Gasteiger partial charge in [-0.25, -0.2) is 0 Å². The number of para-hydroxylation sites is 1. The number of hydrogen-bond donors (Lipinski definition) is 0. The van der Waals surface area contributed by atoms with Crippen molar-refractivity contribution >= 4 is 10.8 Å². The van der Waals surface area contributed by atoms with Gasteiger partial charge in [-0.2, -0.15) is 0 Å². The summed E-state index contributed by atoms with van der Waals surface area (Å²) in [5.74, 6) is 1.84. The fourth-order valence-corrected chi connectivity index (χ4v) is 6.72. The minimum Gasteiger partial charge on any atom is -0.456 e. The maximum absolute atomic E-state index is 6.39. The minimum atomic E-state index is -0.268. The molecule has 0 amide bonds. The Morgan fingerprint density at radius 3 is 2.00 bits per heavy atom. The van der Waals surface area contributed by atoms with Crippen LogP contribution in [-0.4, -0.2) is 0 Å². The van der Waals surface area contributed by atoms with Crippen LogP contribution in [0.5, 0.6) is 11.5 Å². The quantitative estimate of drug-likeness (QED) is 0.243. The molecular formula is C36H24O. The van der Waals surface area contributed by atoms with Crippen LogP contribution in [0.1, 0.15) is 23.6 Å². The van der Waals surface area contributed by atoms with Crippen molar-refractivity contribution in [1.29, 1.82) is 0 Å². The Morgan fingerprint density at radius 2 is 1.14 bits per heavy atom. The third kappa shape index (κ3) is 2.69. The van der Waals surface area contributed by atoms with Crippen LogP contribution in [0.4, 0.5) is 0 Å². The summed E-state index contributed by atoms with van der Waals surface area (Å²) >= 11 is 0. The van der Waals surface area contributed by atoms with Gasteiger partial charge in [-0.15, -0.1) is 0 Å². The average molecular weight is 473 g/mol. The zero-order valence-corrected chi connectivity index (χ0v) is 20.5. The summed E-state index contributed by atoms with van der Waals surface area (Å²) in [6.45, 7) is 2.39. The lowest BCUT2D eigenvalue weighted by Gasteiger charge is -2.31. The molecule has 1 nitrogen and oxygen atoms in total. The van der Waals surface area contributed by atoms with E-state index in [9.17, 15) is 0 Å². The van der Waals surface area contributed by atoms with E-state index in [0.717, 1.165) is 17.1 Å². The van der Waals surface area contributed by atoms with E-state index in [4.69, 9.17) is 4.74 Å².